The Hall–Kier alpha value is -2.36. The van der Waals surface area contributed by atoms with Crippen LogP contribution >= 0.6 is 0 Å². The lowest BCUT2D eigenvalue weighted by atomic mass is 9.89. The van der Waals surface area contributed by atoms with Crippen molar-refractivity contribution in [3.8, 4) is 5.75 Å². The van der Waals surface area contributed by atoms with Crippen molar-refractivity contribution in [3.05, 3.63) is 77.9 Å². The summed E-state index contributed by atoms with van der Waals surface area (Å²) in [6.45, 7) is -0.125. The van der Waals surface area contributed by atoms with Crippen LogP contribution in [0.25, 0.3) is 10.8 Å². The standard InChI is InChI=1S/C20H20O3/c1-23-18-10-8-15(9-11-18)19(13-21)20(22)17-7-6-14-4-2-3-5-16(14)12-17/h2-12,19-22H,13H2,1H3. The summed E-state index contributed by atoms with van der Waals surface area (Å²) in [4.78, 5) is 0. The zero-order valence-electron chi connectivity index (χ0n) is 13.0. The highest BCUT2D eigenvalue weighted by atomic mass is 16.5. The van der Waals surface area contributed by atoms with Crippen LogP contribution in [0.2, 0.25) is 0 Å². The lowest BCUT2D eigenvalue weighted by Crippen LogP contribution is -2.14. The molecule has 3 aromatic rings. The van der Waals surface area contributed by atoms with Gasteiger partial charge in [-0.1, -0.05) is 48.5 Å². The summed E-state index contributed by atoms with van der Waals surface area (Å²) in [5.74, 6) is 0.382. The molecule has 23 heavy (non-hydrogen) atoms. The molecule has 2 unspecified atom stereocenters. The molecule has 0 aromatic heterocycles. The lowest BCUT2D eigenvalue weighted by Gasteiger charge is -2.22. The summed E-state index contributed by atoms with van der Waals surface area (Å²) in [6, 6.07) is 21.4. The van der Waals surface area contributed by atoms with Gasteiger partial charge in [0.2, 0.25) is 0 Å². The van der Waals surface area contributed by atoms with Crippen LogP contribution in [0.1, 0.15) is 23.1 Å². The van der Waals surface area contributed by atoms with E-state index in [1.807, 2.05) is 66.7 Å². The normalized spacial score (nSPS) is 13.7. The Morgan fingerprint density at radius 1 is 0.870 bits per heavy atom. The Morgan fingerprint density at radius 3 is 2.17 bits per heavy atom. The van der Waals surface area contributed by atoms with Gasteiger partial charge in [-0.25, -0.2) is 0 Å². The minimum absolute atomic E-state index is 0.125. The molecule has 2 atom stereocenters. The molecule has 3 heteroatoms. The minimum atomic E-state index is -0.766. The summed E-state index contributed by atoms with van der Waals surface area (Å²) in [7, 11) is 1.61. The molecule has 0 aliphatic rings. The summed E-state index contributed by atoms with van der Waals surface area (Å²) < 4.78 is 5.15. The Balaban J connectivity index is 1.92. The number of aliphatic hydroxyl groups excluding tert-OH is 2. The number of methoxy groups -OCH3 is 1. The van der Waals surface area contributed by atoms with Crippen LogP contribution in [0.15, 0.2) is 66.7 Å². The van der Waals surface area contributed by atoms with Gasteiger partial charge < -0.3 is 14.9 Å². The van der Waals surface area contributed by atoms with Crippen molar-refractivity contribution in [2.45, 2.75) is 12.0 Å². The molecule has 0 bridgehead atoms. The van der Waals surface area contributed by atoms with E-state index in [1.54, 1.807) is 7.11 Å². The van der Waals surface area contributed by atoms with Crippen molar-refractivity contribution in [2.75, 3.05) is 13.7 Å². The van der Waals surface area contributed by atoms with E-state index < -0.39 is 6.10 Å². The molecular weight excluding hydrogens is 288 g/mol. The second-order valence-electron chi connectivity index (χ2n) is 5.61. The summed E-state index contributed by atoms with van der Waals surface area (Å²) >= 11 is 0. The van der Waals surface area contributed by atoms with E-state index in [4.69, 9.17) is 4.74 Å². The zero-order valence-corrected chi connectivity index (χ0v) is 13.0. The van der Waals surface area contributed by atoms with Crippen molar-refractivity contribution < 1.29 is 14.9 Å². The van der Waals surface area contributed by atoms with Crippen molar-refractivity contribution in [2.24, 2.45) is 0 Å². The molecule has 0 radical (unpaired) electrons. The third-order valence-electron chi connectivity index (χ3n) is 4.24. The van der Waals surface area contributed by atoms with Gasteiger partial charge >= 0.3 is 0 Å². The minimum Gasteiger partial charge on any atom is -0.497 e. The Bertz CT molecular complexity index is 780. The SMILES string of the molecule is COc1ccc(C(CO)C(O)c2ccc3ccccc3c2)cc1. The van der Waals surface area contributed by atoms with E-state index in [2.05, 4.69) is 0 Å². The van der Waals surface area contributed by atoms with E-state index >= 15 is 0 Å². The van der Waals surface area contributed by atoms with Crippen molar-refractivity contribution in [1.82, 2.24) is 0 Å². The molecule has 0 fully saturated rings. The predicted molar refractivity (Wildman–Crippen MR) is 91.7 cm³/mol. The Kier molecular flexibility index (Phi) is 4.60. The maximum atomic E-state index is 10.7. The van der Waals surface area contributed by atoms with Gasteiger partial charge in [0, 0.05) is 5.92 Å². The van der Waals surface area contributed by atoms with Gasteiger partial charge in [0.25, 0.3) is 0 Å². The van der Waals surface area contributed by atoms with Crippen LogP contribution < -0.4 is 4.74 Å². The topological polar surface area (TPSA) is 49.7 Å². The highest BCUT2D eigenvalue weighted by molar-refractivity contribution is 5.83. The smallest absolute Gasteiger partial charge is 0.118 e. The fourth-order valence-electron chi connectivity index (χ4n) is 2.86. The number of ether oxygens (including phenoxy) is 1. The fraction of sp³-hybridized carbons (Fsp3) is 0.200. The molecule has 3 aromatic carbocycles. The molecule has 3 rings (SSSR count). The first-order chi connectivity index (χ1) is 11.2. The van der Waals surface area contributed by atoms with Crippen molar-refractivity contribution in [1.29, 1.82) is 0 Å². The molecule has 0 saturated heterocycles. The first-order valence-corrected chi connectivity index (χ1v) is 7.64. The number of benzene rings is 3. The molecule has 0 spiro atoms. The number of hydrogen-bond acceptors (Lipinski definition) is 3. The number of rotatable bonds is 5. The molecule has 118 valence electrons. The highest BCUT2D eigenvalue weighted by Gasteiger charge is 2.22. The second kappa shape index (κ2) is 6.82. The van der Waals surface area contributed by atoms with E-state index in [1.165, 1.54) is 0 Å². The largest absolute Gasteiger partial charge is 0.497 e. The van der Waals surface area contributed by atoms with Crippen LogP contribution in [-0.2, 0) is 0 Å². The second-order valence-corrected chi connectivity index (χ2v) is 5.61. The number of fused-ring (bicyclic) bond motifs is 1. The van der Waals surface area contributed by atoms with E-state index in [9.17, 15) is 10.2 Å². The van der Waals surface area contributed by atoms with Gasteiger partial charge in [-0.15, -0.1) is 0 Å². The summed E-state index contributed by atoms with van der Waals surface area (Å²) in [5.41, 5.74) is 1.69. The van der Waals surface area contributed by atoms with Crippen LogP contribution in [0, 0.1) is 0 Å². The van der Waals surface area contributed by atoms with Crippen LogP contribution in [0.5, 0.6) is 5.75 Å². The van der Waals surface area contributed by atoms with Crippen LogP contribution in [0.3, 0.4) is 0 Å². The monoisotopic (exact) mass is 308 g/mol. The molecular formula is C20H20O3. The molecule has 0 aliphatic carbocycles. The average Bonchev–Trinajstić information content (AvgIpc) is 2.62. The van der Waals surface area contributed by atoms with E-state index in [-0.39, 0.29) is 12.5 Å². The zero-order chi connectivity index (χ0) is 16.2. The van der Waals surface area contributed by atoms with Crippen LogP contribution in [-0.4, -0.2) is 23.9 Å². The first kappa shape index (κ1) is 15.5. The maximum Gasteiger partial charge on any atom is 0.118 e. The quantitative estimate of drug-likeness (QED) is 0.756. The summed E-state index contributed by atoms with van der Waals surface area (Å²) in [6.07, 6.45) is -0.766. The predicted octanol–water partition coefficient (Wildman–Crippen LogP) is 3.66. The van der Waals surface area contributed by atoms with Crippen molar-refractivity contribution in [3.63, 3.8) is 0 Å². The van der Waals surface area contributed by atoms with Gasteiger partial charge in [0.15, 0.2) is 0 Å². The molecule has 0 saturated carbocycles. The van der Waals surface area contributed by atoms with Gasteiger partial charge in [-0.2, -0.15) is 0 Å². The van der Waals surface area contributed by atoms with Gasteiger partial charge in [-0.3, -0.25) is 0 Å². The summed E-state index contributed by atoms with van der Waals surface area (Å²) in [5, 5.41) is 22.7. The molecule has 3 nitrogen and oxygen atoms in total. The molecule has 2 N–H and O–H groups in total. The Morgan fingerprint density at radius 2 is 1.52 bits per heavy atom. The molecule has 0 heterocycles. The van der Waals surface area contributed by atoms with Gasteiger partial charge in [-0.05, 0) is 40.1 Å². The van der Waals surface area contributed by atoms with E-state index in [0.717, 1.165) is 27.6 Å². The van der Waals surface area contributed by atoms with Gasteiger partial charge in [0.1, 0.15) is 5.75 Å². The average molecular weight is 308 g/mol. The third kappa shape index (κ3) is 3.21. The molecule has 0 aliphatic heterocycles. The third-order valence-corrected chi connectivity index (χ3v) is 4.24. The maximum absolute atomic E-state index is 10.7. The number of hydrogen-bond donors (Lipinski definition) is 2. The fourth-order valence-corrected chi connectivity index (χ4v) is 2.86. The molecule has 0 amide bonds. The van der Waals surface area contributed by atoms with E-state index in [0.29, 0.717) is 0 Å². The highest BCUT2D eigenvalue weighted by Crippen LogP contribution is 2.32. The Labute approximate surface area is 135 Å². The first-order valence-electron chi connectivity index (χ1n) is 7.64. The lowest BCUT2D eigenvalue weighted by molar-refractivity contribution is 0.107. The van der Waals surface area contributed by atoms with Gasteiger partial charge in [0.05, 0.1) is 19.8 Å². The number of aliphatic hydroxyl groups is 2. The van der Waals surface area contributed by atoms with Crippen molar-refractivity contribution >= 4 is 10.8 Å². The van der Waals surface area contributed by atoms with Crippen LogP contribution in [0.4, 0.5) is 0 Å².